The van der Waals surface area contributed by atoms with E-state index in [1.807, 2.05) is 0 Å². The van der Waals surface area contributed by atoms with Crippen LogP contribution in [-0.4, -0.2) is 59.8 Å². The van der Waals surface area contributed by atoms with Crippen LogP contribution < -0.4 is 15.5 Å². The van der Waals surface area contributed by atoms with E-state index in [1.54, 1.807) is 13.8 Å². The van der Waals surface area contributed by atoms with Gasteiger partial charge in [-0.3, -0.25) is 14.9 Å². The largest absolute Gasteiger partial charge is 0.466 e. The molecule has 0 amide bonds. The second-order valence-electron chi connectivity index (χ2n) is 10.7. The first-order valence-corrected chi connectivity index (χ1v) is 14.8. The Morgan fingerprint density at radius 1 is 0.957 bits per heavy atom. The van der Waals surface area contributed by atoms with Gasteiger partial charge >= 0.3 is 18.3 Å². The summed E-state index contributed by atoms with van der Waals surface area (Å²) in [5, 5.41) is 10.8. The van der Waals surface area contributed by atoms with E-state index in [0.29, 0.717) is 18.7 Å². The van der Waals surface area contributed by atoms with Gasteiger partial charge in [0.15, 0.2) is 0 Å². The summed E-state index contributed by atoms with van der Waals surface area (Å²) in [6.07, 6.45) is -10.4. The summed E-state index contributed by atoms with van der Waals surface area (Å²) in [7, 11) is 0. The van der Waals surface area contributed by atoms with E-state index in [-0.39, 0.29) is 29.1 Å². The highest BCUT2D eigenvalue weighted by Crippen LogP contribution is 2.42. The minimum atomic E-state index is -4.94. The molecular weight excluding hydrogens is 726 g/mol. The lowest BCUT2D eigenvalue weighted by Gasteiger charge is -2.25. The van der Waals surface area contributed by atoms with Crippen LogP contribution in [0.15, 0.2) is 36.4 Å². The van der Waals surface area contributed by atoms with Gasteiger partial charge in [0.05, 0.1) is 30.2 Å². The van der Waals surface area contributed by atoms with Gasteiger partial charge < -0.3 is 20.3 Å². The molecule has 2 aliphatic rings. The number of halogens is 11. The zero-order valence-electron chi connectivity index (χ0n) is 25.1. The van der Waals surface area contributed by atoms with Gasteiger partial charge in [0.2, 0.25) is 0 Å². The van der Waals surface area contributed by atoms with E-state index >= 15 is 0 Å². The lowest BCUT2D eigenvalue weighted by atomic mass is 10.1. The highest BCUT2D eigenvalue weighted by molar-refractivity contribution is 9.09. The average molecular weight is 757 g/mol. The molecule has 0 spiro atoms. The van der Waals surface area contributed by atoms with E-state index in [2.05, 4.69) is 20.7 Å². The molecule has 0 aliphatic carbocycles. The zero-order chi connectivity index (χ0) is 36.1. The summed E-state index contributed by atoms with van der Waals surface area (Å²) in [4.78, 5) is 21.8. The van der Waals surface area contributed by atoms with E-state index in [1.165, 1.54) is 17.9 Å². The standard InChI is InChI=1S/C12H10BrF5N2O2.C12H13F5N2.C4H8O2/c13-5-8-4-11(14,15)6-19(8)7-1-2-10(20(21)22)9(3-7)12(16,17)18;1-7-5-11(13,14)6-19(7)8-2-3-10(18)9(4-8)12(15,16)17;1-3-6-4(2)5/h1-3,8H,4-6H2;2-4,7H,5-6,18H2,1H3;3H2,1-2H3/t8-;7-;/m01./s1. The molecule has 2 aromatic carbocycles. The SMILES string of the molecule is CCOC(C)=O.C[C@@H]1CC(F)(F)CN1c1ccc(N)c(C(F)(F)F)c1.O=[N+]([O-])c1ccc(N2CC(F)(F)C[C@H]2CBr)cc1C(F)(F)F. The van der Waals surface area contributed by atoms with Gasteiger partial charge in [-0.05, 0) is 44.2 Å². The minimum absolute atomic E-state index is 0.112. The number of hydrogen-bond donors (Lipinski definition) is 1. The number of anilines is 3. The van der Waals surface area contributed by atoms with Crippen molar-refractivity contribution in [2.75, 3.05) is 40.6 Å². The highest BCUT2D eigenvalue weighted by atomic mass is 79.9. The monoisotopic (exact) mass is 756 g/mol. The van der Waals surface area contributed by atoms with Crippen molar-refractivity contribution in [2.45, 2.75) is 69.9 Å². The number of nitrogens with two attached hydrogens (primary N) is 1. The number of nitrogen functional groups attached to an aromatic ring is 1. The van der Waals surface area contributed by atoms with Crippen LogP contribution in [0, 0.1) is 10.1 Å². The van der Waals surface area contributed by atoms with E-state index in [9.17, 15) is 58.8 Å². The summed E-state index contributed by atoms with van der Waals surface area (Å²) in [5.41, 5.74) is 1.33. The third kappa shape index (κ3) is 11.0. The molecule has 19 heteroatoms. The molecule has 264 valence electrons. The summed E-state index contributed by atoms with van der Waals surface area (Å²) < 4.78 is 135. The van der Waals surface area contributed by atoms with Crippen LogP contribution in [0.2, 0.25) is 0 Å². The van der Waals surface area contributed by atoms with Crippen LogP contribution >= 0.6 is 15.9 Å². The topological polar surface area (TPSA) is 102 Å². The number of nitrogens with zero attached hydrogens (tertiary/aromatic N) is 3. The molecule has 0 saturated carbocycles. The fraction of sp³-hybridized carbons (Fsp3) is 0.536. The molecule has 0 unspecified atom stereocenters. The number of nitro groups is 1. The van der Waals surface area contributed by atoms with Gasteiger partial charge in [-0.15, -0.1) is 0 Å². The Balaban J connectivity index is 0.000000281. The van der Waals surface area contributed by atoms with Crippen molar-refractivity contribution < 1.29 is 58.4 Å². The van der Waals surface area contributed by atoms with Crippen molar-refractivity contribution >= 4 is 44.6 Å². The average Bonchev–Trinajstić information content (AvgIpc) is 3.40. The van der Waals surface area contributed by atoms with Gasteiger partial charge in [0.25, 0.3) is 17.5 Å². The van der Waals surface area contributed by atoms with Gasteiger partial charge in [0, 0.05) is 60.3 Å². The maximum Gasteiger partial charge on any atom is 0.423 e. The highest BCUT2D eigenvalue weighted by Gasteiger charge is 2.46. The first-order chi connectivity index (χ1) is 21.4. The molecule has 2 saturated heterocycles. The molecule has 2 aromatic rings. The number of alkyl halides is 11. The Labute approximate surface area is 271 Å². The van der Waals surface area contributed by atoms with E-state index in [0.717, 1.165) is 23.1 Å². The van der Waals surface area contributed by atoms with E-state index in [4.69, 9.17) is 5.73 Å². The predicted octanol–water partition coefficient (Wildman–Crippen LogP) is 8.31. The van der Waals surface area contributed by atoms with Crippen molar-refractivity contribution in [3.63, 3.8) is 0 Å². The van der Waals surface area contributed by atoms with Crippen LogP contribution in [0.4, 0.5) is 66.7 Å². The molecule has 47 heavy (non-hydrogen) atoms. The van der Waals surface area contributed by atoms with E-state index < -0.39 is 83.2 Å². The van der Waals surface area contributed by atoms with Gasteiger partial charge in [-0.2, -0.15) is 26.3 Å². The lowest BCUT2D eigenvalue weighted by molar-refractivity contribution is -0.388. The van der Waals surface area contributed by atoms with Crippen LogP contribution in [0.5, 0.6) is 0 Å². The molecule has 2 fully saturated rings. The fourth-order valence-electron chi connectivity index (χ4n) is 4.96. The van der Waals surface area contributed by atoms with Crippen molar-refractivity contribution in [1.29, 1.82) is 0 Å². The molecule has 2 N–H and O–H groups in total. The first-order valence-electron chi connectivity index (χ1n) is 13.7. The van der Waals surface area contributed by atoms with Crippen molar-refractivity contribution in [1.82, 2.24) is 0 Å². The number of ether oxygens (including phenoxy) is 1. The zero-order valence-corrected chi connectivity index (χ0v) is 26.7. The molecule has 4 rings (SSSR count). The lowest BCUT2D eigenvalue weighted by Crippen LogP contribution is -2.31. The first kappa shape index (κ1) is 39.7. The van der Waals surface area contributed by atoms with Crippen LogP contribution in [0.25, 0.3) is 0 Å². The Morgan fingerprint density at radius 2 is 1.45 bits per heavy atom. The molecule has 8 nitrogen and oxygen atoms in total. The molecule has 0 bridgehead atoms. The number of rotatable bonds is 5. The van der Waals surface area contributed by atoms with Gasteiger partial charge in [-0.25, -0.2) is 17.6 Å². The Bertz CT molecular complexity index is 1410. The number of esters is 1. The third-order valence-corrected chi connectivity index (χ3v) is 7.67. The maximum absolute atomic E-state index is 13.5. The third-order valence-electron chi connectivity index (χ3n) is 6.92. The summed E-state index contributed by atoms with van der Waals surface area (Å²) in [5.74, 6) is -6.10. The number of hydrogen-bond acceptors (Lipinski definition) is 7. The number of nitro benzene ring substituents is 1. The van der Waals surface area contributed by atoms with Crippen molar-refractivity contribution in [3.05, 3.63) is 57.6 Å². The van der Waals surface area contributed by atoms with Gasteiger partial charge in [-0.1, -0.05) is 15.9 Å². The molecule has 0 aromatic heterocycles. The second kappa shape index (κ2) is 15.1. The molecule has 2 atom stereocenters. The molecule has 2 aliphatic heterocycles. The quantitative estimate of drug-likeness (QED) is 0.0818. The van der Waals surface area contributed by atoms with Crippen LogP contribution in [0.1, 0.15) is 44.7 Å². The Morgan fingerprint density at radius 3 is 1.87 bits per heavy atom. The molecule has 0 radical (unpaired) electrons. The Hall–Kier alpha value is -3.51. The molecular formula is C28H31BrF10N4O4. The summed E-state index contributed by atoms with van der Waals surface area (Å²) in [6, 6.07) is 4.37. The maximum atomic E-state index is 13.5. The summed E-state index contributed by atoms with van der Waals surface area (Å²) >= 11 is 3.06. The van der Waals surface area contributed by atoms with Crippen LogP contribution in [0.3, 0.4) is 0 Å². The van der Waals surface area contributed by atoms with Crippen LogP contribution in [-0.2, 0) is 21.9 Å². The number of benzene rings is 2. The Kier molecular flexibility index (Phi) is 12.8. The van der Waals surface area contributed by atoms with Gasteiger partial charge in [0.1, 0.15) is 5.56 Å². The van der Waals surface area contributed by atoms with Crippen molar-refractivity contribution in [2.24, 2.45) is 0 Å². The minimum Gasteiger partial charge on any atom is -0.466 e. The fourth-order valence-corrected chi connectivity index (χ4v) is 5.53. The normalized spacial score (nSPS) is 20.1. The second-order valence-corrected chi connectivity index (χ2v) is 11.3. The number of carbonyl (C=O) groups excluding carboxylic acids is 1. The predicted molar refractivity (Wildman–Crippen MR) is 157 cm³/mol. The smallest absolute Gasteiger partial charge is 0.423 e. The van der Waals surface area contributed by atoms with Crippen molar-refractivity contribution in [3.8, 4) is 0 Å². The number of carbonyl (C=O) groups is 1. The molecule has 2 heterocycles. The summed E-state index contributed by atoms with van der Waals surface area (Å²) in [6.45, 7) is 3.92.